The van der Waals surface area contributed by atoms with Crippen LogP contribution in [0.3, 0.4) is 0 Å². The summed E-state index contributed by atoms with van der Waals surface area (Å²) in [7, 11) is 1.88. The average Bonchev–Trinajstić information content (AvgIpc) is 2.94. The second kappa shape index (κ2) is 7.52. The summed E-state index contributed by atoms with van der Waals surface area (Å²) in [5, 5.41) is 6.62. The van der Waals surface area contributed by atoms with Gasteiger partial charge in [0.25, 0.3) is 5.91 Å². The van der Waals surface area contributed by atoms with Gasteiger partial charge in [-0.3, -0.25) is 19.3 Å². The summed E-state index contributed by atoms with van der Waals surface area (Å²) in [6.07, 6.45) is 0.543. The number of nitrogens with one attached hydrogen (secondary N) is 3. The van der Waals surface area contributed by atoms with Crippen LogP contribution in [0.1, 0.15) is 36.2 Å². The number of aryl methyl sites for hydroxylation is 1. The van der Waals surface area contributed by atoms with Crippen LogP contribution in [0, 0.1) is 6.92 Å². The van der Waals surface area contributed by atoms with E-state index < -0.39 is 0 Å². The molecule has 1 aliphatic rings. The average molecular weight is 370 g/mol. The van der Waals surface area contributed by atoms with Crippen molar-refractivity contribution in [2.75, 3.05) is 13.6 Å². The van der Waals surface area contributed by atoms with E-state index in [2.05, 4.69) is 15.6 Å². The third-order valence-corrected chi connectivity index (χ3v) is 4.86. The van der Waals surface area contributed by atoms with E-state index >= 15 is 0 Å². The first-order valence-electron chi connectivity index (χ1n) is 9.19. The quantitative estimate of drug-likeness (QED) is 0.753. The smallest absolute Gasteiger partial charge is 0.252 e. The molecule has 7 heteroatoms. The number of aromatic nitrogens is 1. The van der Waals surface area contributed by atoms with Gasteiger partial charge in [0.2, 0.25) is 11.5 Å². The number of benzene rings is 1. The number of hydrogen-bond acceptors (Lipinski definition) is 4. The molecule has 0 unspecified atom stereocenters. The van der Waals surface area contributed by atoms with Gasteiger partial charge in [0.15, 0.2) is 0 Å². The van der Waals surface area contributed by atoms with Gasteiger partial charge in [-0.15, -0.1) is 0 Å². The molecule has 0 spiro atoms. The van der Waals surface area contributed by atoms with E-state index in [0.29, 0.717) is 29.4 Å². The van der Waals surface area contributed by atoms with Crippen LogP contribution in [0.15, 0.2) is 29.1 Å². The van der Waals surface area contributed by atoms with Crippen LogP contribution in [0.2, 0.25) is 0 Å². The molecular formula is C20H26N4O3. The molecule has 3 rings (SSSR count). The SMILES string of the molecule is Cc1ccc2[nH]c(=O)cc(C(=O)N[C@@H]3C[C@@H](C(=O)NC(C)C)N(C)C3)c2c1. The number of rotatable bonds is 4. The van der Waals surface area contributed by atoms with Crippen molar-refractivity contribution in [1.82, 2.24) is 20.5 Å². The highest BCUT2D eigenvalue weighted by Crippen LogP contribution is 2.20. The predicted molar refractivity (Wildman–Crippen MR) is 105 cm³/mol. The van der Waals surface area contributed by atoms with Gasteiger partial charge in [-0.05, 0) is 46.4 Å². The van der Waals surface area contributed by atoms with E-state index in [1.807, 2.05) is 44.9 Å². The van der Waals surface area contributed by atoms with Crippen LogP contribution >= 0.6 is 0 Å². The molecule has 2 amide bonds. The fourth-order valence-electron chi connectivity index (χ4n) is 3.61. The second-order valence-corrected chi connectivity index (χ2v) is 7.62. The van der Waals surface area contributed by atoms with E-state index in [4.69, 9.17) is 0 Å². The Morgan fingerprint density at radius 1 is 1.26 bits per heavy atom. The topological polar surface area (TPSA) is 94.3 Å². The normalized spacial score (nSPS) is 20.2. The standard InChI is InChI=1S/C20H26N4O3/c1-11(2)21-20(27)17-8-13(10-24(17)4)22-19(26)15-9-18(25)23-16-6-5-12(3)7-14(15)16/h5-7,9,11,13,17H,8,10H2,1-4H3,(H,21,27)(H,22,26)(H,23,25)/t13-,17+/m1/s1. The van der Waals surface area contributed by atoms with E-state index in [1.54, 1.807) is 6.07 Å². The largest absolute Gasteiger partial charge is 0.353 e. The molecule has 27 heavy (non-hydrogen) atoms. The zero-order chi connectivity index (χ0) is 19.7. The zero-order valence-corrected chi connectivity index (χ0v) is 16.1. The Balaban J connectivity index is 1.79. The number of likely N-dealkylation sites (tertiary alicyclic amines) is 1. The lowest BCUT2D eigenvalue weighted by Gasteiger charge is -2.19. The van der Waals surface area contributed by atoms with E-state index in [9.17, 15) is 14.4 Å². The fraction of sp³-hybridized carbons (Fsp3) is 0.450. The summed E-state index contributed by atoms with van der Waals surface area (Å²) in [6.45, 7) is 6.37. The van der Waals surface area contributed by atoms with Crippen molar-refractivity contribution in [3.63, 3.8) is 0 Å². The van der Waals surface area contributed by atoms with E-state index in [1.165, 1.54) is 6.07 Å². The summed E-state index contributed by atoms with van der Waals surface area (Å²) >= 11 is 0. The number of fused-ring (bicyclic) bond motifs is 1. The van der Waals surface area contributed by atoms with Gasteiger partial charge in [0.1, 0.15) is 0 Å². The van der Waals surface area contributed by atoms with E-state index in [-0.39, 0.29) is 35.5 Å². The fourth-order valence-corrected chi connectivity index (χ4v) is 3.61. The highest BCUT2D eigenvalue weighted by Gasteiger charge is 2.35. The van der Waals surface area contributed by atoms with Crippen LogP contribution < -0.4 is 16.2 Å². The molecule has 1 aromatic heterocycles. The number of carbonyl (C=O) groups excluding carboxylic acids is 2. The lowest BCUT2D eigenvalue weighted by Crippen LogP contribution is -2.43. The molecule has 0 aliphatic carbocycles. The van der Waals surface area contributed by atoms with Gasteiger partial charge < -0.3 is 15.6 Å². The summed E-state index contributed by atoms with van der Waals surface area (Å²) < 4.78 is 0. The molecule has 2 aromatic rings. The van der Waals surface area contributed by atoms with Gasteiger partial charge in [0.05, 0.1) is 11.6 Å². The van der Waals surface area contributed by atoms with Crippen molar-refractivity contribution in [3.05, 3.63) is 45.7 Å². The Kier molecular flexibility index (Phi) is 5.32. The summed E-state index contributed by atoms with van der Waals surface area (Å²) in [5.41, 5.74) is 1.69. The highest BCUT2D eigenvalue weighted by molar-refractivity contribution is 6.06. The number of aromatic amines is 1. The van der Waals surface area contributed by atoms with Gasteiger partial charge >= 0.3 is 0 Å². The van der Waals surface area contributed by atoms with Gasteiger partial charge in [-0.25, -0.2) is 0 Å². The van der Waals surface area contributed by atoms with Gasteiger partial charge in [0, 0.05) is 35.6 Å². The summed E-state index contributed by atoms with van der Waals surface area (Å²) in [6, 6.07) is 6.58. The first-order chi connectivity index (χ1) is 12.7. The van der Waals surface area contributed by atoms with Gasteiger partial charge in [-0.1, -0.05) is 11.6 Å². The molecular weight excluding hydrogens is 344 g/mol. The molecule has 0 bridgehead atoms. The second-order valence-electron chi connectivity index (χ2n) is 7.62. The van der Waals surface area contributed by atoms with Crippen molar-refractivity contribution >= 4 is 22.7 Å². The Hall–Kier alpha value is -2.67. The van der Waals surface area contributed by atoms with Crippen LogP contribution in [0.25, 0.3) is 10.9 Å². The van der Waals surface area contributed by atoms with E-state index in [0.717, 1.165) is 5.56 Å². The van der Waals surface area contributed by atoms with Crippen LogP contribution in [0.5, 0.6) is 0 Å². The molecule has 7 nitrogen and oxygen atoms in total. The number of H-pyrrole nitrogens is 1. The molecule has 144 valence electrons. The van der Waals surface area contributed by atoms with Crippen LogP contribution in [-0.4, -0.2) is 53.4 Å². The Bertz CT molecular complexity index is 934. The molecule has 2 atom stereocenters. The Morgan fingerprint density at radius 2 is 2.00 bits per heavy atom. The Morgan fingerprint density at radius 3 is 2.70 bits per heavy atom. The number of nitrogens with zero attached hydrogens (tertiary/aromatic N) is 1. The maximum absolute atomic E-state index is 12.9. The number of hydrogen-bond donors (Lipinski definition) is 3. The maximum atomic E-state index is 12.9. The van der Waals surface area contributed by atoms with Crippen molar-refractivity contribution in [2.45, 2.75) is 45.3 Å². The van der Waals surface area contributed by atoms with Crippen LogP contribution in [-0.2, 0) is 4.79 Å². The van der Waals surface area contributed by atoms with Crippen LogP contribution in [0.4, 0.5) is 0 Å². The molecule has 1 aromatic carbocycles. The zero-order valence-electron chi connectivity index (χ0n) is 16.1. The molecule has 3 N–H and O–H groups in total. The number of pyridine rings is 1. The van der Waals surface area contributed by atoms with Crippen molar-refractivity contribution in [2.24, 2.45) is 0 Å². The maximum Gasteiger partial charge on any atom is 0.252 e. The first kappa shape index (κ1) is 19.1. The van der Waals surface area contributed by atoms with Crippen molar-refractivity contribution in [3.8, 4) is 0 Å². The predicted octanol–water partition coefficient (Wildman–Crippen LogP) is 1.16. The number of carbonyl (C=O) groups is 2. The minimum absolute atomic E-state index is 0.0264. The molecule has 0 saturated carbocycles. The lowest BCUT2D eigenvalue weighted by molar-refractivity contribution is -0.125. The minimum Gasteiger partial charge on any atom is -0.353 e. The lowest BCUT2D eigenvalue weighted by atomic mass is 10.1. The molecule has 2 heterocycles. The monoisotopic (exact) mass is 370 g/mol. The number of amides is 2. The Labute approximate surface area is 158 Å². The third-order valence-electron chi connectivity index (χ3n) is 4.86. The summed E-state index contributed by atoms with van der Waals surface area (Å²) in [5.74, 6) is -0.318. The molecule has 1 fully saturated rings. The van der Waals surface area contributed by atoms with Gasteiger partial charge in [-0.2, -0.15) is 0 Å². The molecule has 1 saturated heterocycles. The third kappa shape index (κ3) is 4.19. The minimum atomic E-state index is -0.311. The summed E-state index contributed by atoms with van der Waals surface area (Å²) in [4.78, 5) is 41.8. The molecule has 1 aliphatic heterocycles. The number of likely N-dealkylation sites (N-methyl/N-ethyl adjacent to an activating group) is 1. The first-order valence-corrected chi connectivity index (χ1v) is 9.19. The van der Waals surface area contributed by atoms with Crippen molar-refractivity contribution < 1.29 is 9.59 Å². The molecule has 0 radical (unpaired) electrons. The van der Waals surface area contributed by atoms with Crippen molar-refractivity contribution in [1.29, 1.82) is 0 Å². The highest BCUT2D eigenvalue weighted by atomic mass is 16.2.